The van der Waals surface area contributed by atoms with Crippen molar-refractivity contribution in [2.24, 2.45) is 0 Å². The SMILES string of the molecule is c1ccc(-c2cc(-c3ccccc3)cc(-c3nc(-c4cccc(C5(c6ccccc6)c6ccccc6-c6ccccc65)c4)nc(-c4cccc5sc6c(-c7ccc8ccccc8c7)cccc6c45)n3)c2)cc1. The summed E-state index contributed by atoms with van der Waals surface area (Å²) in [7, 11) is 0. The first-order valence-corrected chi connectivity index (χ1v) is 25.3. The Balaban J connectivity index is 1.01. The maximum atomic E-state index is 5.55. The van der Waals surface area contributed by atoms with Gasteiger partial charge in [-0.15, -0.1) is 11.3 Å². The highest BCUT2D eigenvalue weighted by atomic mass is 32.1. The lowest BCUT2D eigenvalue weighted by Gasteiger charge is -2.34. The van der Waals surface area contributed by atoms with Crippen molar-refractivity contribution >= 4 is 42.3 Å². The van der Waals surface area contributed by atoms with Gasteiger partial charge < -0.3 is 0 Å². The van der Waals surface area contributed by atoms with Gasteiger partial charge in [0.05, 0.1) is 5.41 Å². The summed E-state index contributed by atoms with van der Waals surface area (Å²) >= 11 is 1.83. The van der Waals surface area contributed by atoms with E-state index in [1.807, 2.05) is 11.3 Å². The molecule has 0 spiro atoms. The zero-order valence-electron chi connectivity index (χ0n) is 39.1. The first-order chi connectivity index (χ1) is 35.7. The Morgan fingerprint density at radius 2 is 0.806 bits per heavy atom. The first-order valence-electron chi connectivity index (χ1n) is 24.5. The van der Waals surface area contributed by atoms with E-state index in [9.17, 15) is 0 Å². The minimum absolute atomic E-state index is 0.582. The van der Waals surface area contributed by atoms with Gasteiger partial charge in [-0.3, -0.25) is 0 Å². The lowest BCUT2D eigenvalue weighted by atomic mass is 9.67. The van der Waals surface area contributed by atoms with Crippen LogP contribution in [0.25, 0.3) is 110 Å². The van der Waals surface area contributed by atoms with Crippen LogP contribution in [0.4, 0.5) is 0 Å². The molecule has 0 unspecified atom stereocenters. The molecule has 4 heteroatoms. The fraction of sp³-hybridized carbons (Fsp3) is 0.0147. The quantitative estimate of drug-likeness (QED) is 0.152. The van der Waals surface area contributed by atoms with E-state index in [-0.39, 0.29) is 0 Å². The number of fused-ring (bicyclic) bond motifs is 7. The molecular weight excluding hydrogens is 891 g/mol. The molecule has 1 aliphatic carbocycles. The van der Waals surface area contributed by atoms with Gasteiger partial charge in [0.2, 0.25) is 0 Å². The zero-order chi connectivity index (χ0) is 47.6. The van der Waals surface area contributed by atoms with E-state index in [0.717, 1.165) is 49.9 Å². The van der Waals surface area contributed by atoms with Crippen LogP contribution in [0, 0.1) is 0 Å². The molecule has 336 valence electrons. The van der Waals surface area contributed by atoms with E-state index in [4.69, 9.17) is 15.0 Å². The van der Waals surface area contributed by atoms with Gasteiger partial charge in [0.1, 0.15) is 0 Å². The van der Waals surface area contributed by atoms with Crippen molar-refractivity contribution in [3.8, 4) is 78.7 Å². The molecular formula is C68H43N3S. The number of hydrogen-bond acceptors (Lipinski definition) is 4. The Morgan fingerprint density at radius 3 is 1.51 bits per heavy atom. The Hall–Kier alpha value is -9.09. The summed E-state index contributed by atoms with van der Waals surface area (Å²) in [6.07, 6.45) is 0. The Bertz CT molecular complexity index is 4110. The summed E-state index contributed by atoms with van der Waals surface area (Å²) in [6.45, 7) is 0. The molecule has 11 aromatic carbocycles. The van der Waals surface area contributed by atoms with Gasteiger partial charge in [-0.1, -0.05) is 224 Å². The fourth-order valence-corrected chi connectivity index (χ4v) is 12.6. The molecule has 3 nitrogen and oxygen atoms in total. The first kappa shape index (κ1) is 41.8. The topological polar surface area (TPSA) is 38.7 Å². The van der Waals surface area contributed by atoms with Crippen LogP contribution in [-0.2, 0) is 5.41 Å². The molecule has 0 aliphatic heterocycles. The molecule has 0 N–H and O–H groups in total. The molecule has 2 heterocycles. The minimum Gasteiger partial charge on any atom is -0.208 e. The van der Waals surface area contributed by atoms with Crippen LogP contribution in [-0.4, -0.2) is 15.0 Å². The zero-order valence-corrected chi connectivity index (χ0v) is 39.9. The number of aromatic nitrogens is 3. The van der Waals surface area contributed by atoms with Crippen molar-refractivity contribution < 1.29 is 0 Å². The van der Waals surface area contributed by atoms with Gasteiger partial charge in [0.25, 0.3) is 0 Å². The fourth-order valence-electron chi connectivity index (χ4n) is 11.3. The van der Waals surface area contributed by atoms with Crippen molar-refractivity contribution in [1.29, 1.82) is 0 Å². The van der Waals surface area contributed by atoms with E-state index in [0.29, 0.717) is 17.5 Å². The average Bonchev–Trinajstić information content (AvgIpc) is 4.00. The summed E-state index contributed by atoms with van der Waals surface area (Å²) in [5, 5.41) is 4.79. The number of thiophene rings is 1. The molecule has 72 heavy (non-hydrogen) atoms. The van der Waals surface area contributed by atoms with Gasteiger partial charge in [0.15, 0.2) is 17.5 Å². The van der Waals surface area contributed by atoms with Crippen LogP contribution in [0.2, 0.25) is 0 Å². The maximum absolute atomic E-state index is 5.55. The van der Waals surface area contributed by atoms with Crippen LogP contribution >= 0.6 is 11.3 Å². The summed E-state index contributed by atoms with van der Waals surface area (Å²) in [5.74, 6) is 1.85. The summed E-state index contributed by atoms with van der Waals surface area (Å²) < 4.78 is 2.42. The smallest absolute Gasteiger partial charge is 0.164 e. The van der Waals surface area contributed by atoms with Crippen molar-refractivity contribution in [3.63, 3.8) is 0 Å². The Labute approximate surface area is 422 Å². The van der Waals surface area contributed by atoms with Crippen LogP contribution < -0.4 is 0 Å². The third-order valence-corrected chi connectivity index (χ3v) is 15.8. The second-order valence-electron chi connectivity index (χ2n) is 18.7. The van der Waals surface area contributed by atoms with E-state index in [1.165, 1.54) is 64.5 Å². The molecule has 0 saturated carbocycles. The van der Waals surface area contributed by atoms with E-state index in [2.05, 4.69) is 261 Å². The third kappa shape index (κ3) is 6.83. The maximum Gasteiger partial charge on any atom is 0.164 e. The van der Waals surface area contributed by atoms with E-state index in [1.54, 1.807) is 0 Å². The summed E-state index contributed by atoms with van der Waals surface area (Å²) in [6, 6.07) is 94.2. The summed E-state index contributed by atoms with van der Waals surface area (Å²) in [4.78, 5) is 16.6. The highest BCUT2D eigenvalue weighted by Gasteiger charge is 2.46. The Kier molecular flexibility index (Phi) is 9.94. The van der Waals surface area contributed by atoms with Gasteiger partial charge in [-0.2, -0.15) is 0 Å². The lowest BCUT2D eigenvalue weighted by Crippen LogP contribution is -2.28. The predicted molar refractivity (Wildman–Crippen MR) is 300 cm³/mol. The molecule has 0 bridgehead atoms. The lowest BCUT2D eigenvalue weighted by molar-refractivity contribution is 0.768. The van der Waals surface area contributed by atoms with E-state index < -0.39 is 5.41 Å². The van der Waals surface area contributed by atoms with Gasteiger partial charge >= 0.3 is 0 Å². The number of hydrogen-bond donors (Lipinski definition) is 0. The van der Waals surface area contributed by atoms with Gasteiger partial charge in [-0.25, -0.2) is 15.0 Å². The molecule has 0 saturated heterocycles. The van der Waals surface area contributed by atoms with Crippen LogP contribution in [0.5, 0.6) is 0 Å². The van der Waals surface area contributed by atoms with Crippen LogP contribution in [0.1, 0.15) is 22.3 Å². The third-order valence-electron chi connectivity index (χ3n) is 14.6. The average molecular weight is 934 g/mol. The number of rotatable bonds is 8. The molecule has 0 radical (unpaired) electrons. The normalized spacial score (nSPS) is 12.6. The Morgan fingerprint density at radius 1 is 0.292 bits per heavy atom. The van der Waals surface area contributed by atoms with Gasteiger partial charge in [-0.05, 0) is 114 Å². The van der Waals surface area contributed by atoms with Crippen LogP contribution in [0.15, 0.2) is 261 Å². The molecule has 2 aromatic heterocycles. The molecule has 1 aliphatic rings. The second kappa shape index (κ2) is 17.1. The highest BCUT2D eigenvalue weighted by molar-refractivity contribution is 7.26. The minimum atomic E-state index is -0.582. The van der Waals surface area contributed by atoms with Crippen molar-refractivity contribution in [1.82, 2.24) is 15.0 Å². The standard InChI is InChI=1S/C68H43N3S/c1-4-19-44(20-5-1)50-40-51(45-21-6-2-7-22-45)42-52(41-50)66-69-65(49-25-16-28-54(43-49)68(53-26-8-3-9-27-53)60-34-14-12-29-56(60)57-30-13-15-35-61(57)68)70-67(71-66)59-33-18-36-62-63(59)58-32-17-31-55(64(58)72-62)48-38-37-46-23-10-11-24-47(46)39-48/h1-43H. The number of nitrogens with zero attached hydrogens (tertiary/aromatic N) is 3. The molecule has 0 fully saturated rings. The molecule has 14 rings (SSSR count). The number of benzene rings is 11. The highest BCUT2D eigenvalue weighted by Crippen LogP contribution is 2.56. The second-order valence-corrected chi connectivity index (χ2v) is 19.7. The predicted octanol–water partition coefficient (Wildman–Crippen LogP) is 17.8. The summed E-state index contributed by atoms with van der Waals surface area (Å²) in [5.41, 5.74) is 16.4. The largest absolute Gasteiger partial charge is 0.208 e. The van der Waals surface area contributed by atoms with Crippen molar-refractivity contribution in [2.75, 3.05) is 0 Å². The van der Waals surface area contributed by atoms with Crippen molar-refractivity contribution in [3.05, 3.63) is 283 Å². The molecule has 13 aromatic rings. The molecule has 0 atom stereocenters. The van der Waals surface area contributed by atoms with Crippen molar-refractivity contribution in [2.45, 2.75) is 5.41 Å². The molecule has 0 amide bonds. The van der Waals surface area contributed by atoms with Crippen LogP contribution in [0.3, 0.4) is 0 Å². The monoisotopic (exact) mass is 933 g/mol. The van der Waals surface area contributed by atoms with E-state index >= 15 is 0 Å². The van der Waals surface area contributed by atoms with Gasteiger partial charge in [0, 0.05) is 36.9 Å².